The van der Waals surface area contributed by atoms with Gasteiger partial charge >= 0.3 is 12.0 Å². The van der Waals surface area contributed by atoms with E-state index in [1.54, 1.807) is 25.1 Å². The Bertz CT molecular complexity index is 1130. The average molecular weight is 470 g/mol. The number of carboxylic acids is 1. The lowest BCUT2D eigenvalue weighted by molar-refractivity contribution is -0.138. The molecule has 3 rings (SSSR count). The van der Waals surface area contributed by atoms with Crippen molar-refractivity contribution in [1.29, 1.82) is 0 Å². The Morgan fingerprint density at radius 1 is 1.12 bits per heavy atom. The zero-order valence-corrected chi connectivity index (χ0v) is 18.9. The smallest absolute Gasteiger partial charge is 0.316 e. The fraction of sp³-hybridized carbons (Fsp3) is 0.250. The monoisotopic (exact) mass is 469 g/mol. The number of urea groups is 1. The molecule has 172 valence electrons. The molecule has 1 heterocycles. The van der Waals surface area contributed by atoms with Crippen LogP contribution in [0.15, 0.2) is 60.3 Å². The first-order chi connectivity index (χ1) is 15.6. The van der Waals surface area contributed by atoms with Crippen LogP contribution in [0.5, 0.6) is 0 Å². The molecule has 1 aliphatic heterocycles. The zero-order valence-electron chi connectivity index (χ0n) is 18.2. The number of likely N-dealkylation sites (N-methyl/N-ethyl adjacent to an activating group) is 1. The van der Waals surface area contributed by atoms with Gasteiger partial charge in [0.25, 0.3) is 5.91 Å². The molecular formula is C24H24ClN3O5. The number of Topliss-reactive ketones (excluding diaryl/α,β-unsaturated/α-hetero) is 1. The Morgan fingerprint density at radius 2 is 1.79 bits per heavy atom. The topological polar surface area (TPSA) is 116 Å². The maximum atomic E-state index is 12.6. The van der Waals surface area contributed by atoms with Crippen LogP contribution in [-0.4, -0.2) is 46.8 Å². The number of carbonyl (C=O) groups excluding carboxylic acids is 3. The molecule has 0 aromatic heterocycles. The standard InChI is InChI=1S/C24H24ClN3O5/c1-14-13-28(2)23(32)21(22(14)31)27-24(33)26-19(12-20(29)30)17-7-3-5-15(10-17)9-16-6-4-8-18(25)11-16/h3-8,10-11,13,19,21H,9,12H2,1-2H3,(H,29,30)(H2,26,27,33). The summed E-state index contributed by atoms with van der Waals surface area (Å²) in [6.45, 7) is 1.55. The van der Waals surface area contributed by atoms with E-state index in [-0.39, 0.29) is 6.42 Å². The highest BCUT2D eigenvalue weighted by molar-refractivity contribution is 6.30. The molecule has 2 aromatic carbocycles. The highest BCUT2D eigenvalue weighted by Gasteiger charge is 2.35. The molecule has 0 saturated heterocycles. The van der Waals surface area contributed by atoms with Crippen molar-refractivity contribution in [3.8, 4) is 0 Å². The SMILES string of the molecule is CC1=CN(C)C(=O)C(NC(=O)NC(CC(=O)O)c2cccc(Cc3cccc(Cl)c3)c2)C1=O. The summed E-state index contributed by atoms with van der Waals surface area (Å²) in [5.74, 6) is -2.19. The Kier molecular flexibility index (Phi) is 7.50. The number of nitrogens with one attached hydrogen (secondary N) is 2. The van der Waals surface area contributed by atoms with E-state index >= 15 is 0 Å². The molecule has 8 nitrogen and oxygen atoms in total. The lowest BCUT2D eigenvalue weighted by Gasteiger charge is -2.27. The summed E-state index contributed by atoms with van der Waals surface area (Å²) in [5, 5.41) is 14.9. The van der Waals surface area contributed by atoms with Gasteiger partial charge in [0.05, 0.1) is 12.5 Å². The fourth-order valence-corrected chi connectivity index (χ4v) is 3.86. The number of carboxylic acid groups (broad SMARTS) is 1. The zero-order chi connectivity index (χ0) is 24.1. The van der Waals surface area contributed by atoms with Gasteiger partial charge in [0.15, 0.2) is 11.8 Å². The van der Waals surface area contributed by atoms with Crippen LogP contribution in [-0.2, 0) is 20.8 Å². The van der Waals surface area contributed by atoms with Crippen LogP contribution in [0.1, 0.15) is 36.1 Å². The van der Waals surface area contributed by atoms with Crippen LogP contribution in [0.25, 0.3) is 0 Å². The maximum absolute atomic E-state index is 12.6. The van der Waals surface area contributed by atoms with E-state index in [1.165, 1.54) is 18.1 Å². The summed E-state index contributed by atoms with van der Waals surface area (Å²) >= 11 is 6.05. The largest absolute Gasteiger partial charge is 0.481 e. The molecule has 0 fully saturated rings. The van der Waals surface area contributed by atoms with Gasteiger partial charge in [-0.15, -0.1) is 0 Å². The number of rotatable bonds is 7. The first-order valence-corrected chi connectivity index (χ1v) is 10.6. The van der Waals surface area contributed by atoms with E-state index in [9.17, 15) is 24.3 Å². The van der Waals surface area contributed by atoms with Crippen LogP contribution < -0.4 is 10.6 Å². The molecule has 33 heavy (non-hydrogen) atoms. The molecular weight excluding hydrogens is 446 g/mol. The molecule has 2 atom stereocenters. The number of halogens is 1. The summed E-state index contributed by atoms with van der Waals surface area (Å²) in [6, 6.07) is 11.6. The minimum Gasteiger partial charge on any atom is -0.481 e. The van der Waals surface area contributed by atoms with Gasteiger partial charge < -0.3 is 20.6 Å². The summed E-state index contributed by atoms with van der Waals surface area (Å²) in [4.78, 5) is 49.9. The van der Waals surface area contributed by atoms with E-state index in [0.29, 0.717) is 22.6 Å². The van der Waals surface area contributed by atoms with Crippen molar-refractivity contribution in [3.05, 3.63) is 82.0 Å². The van der Waals surface area contributed by atoms with Gasteiger partial charge in [0.2, 0.25) is 0 Å². The van der Waals surface area contributed by atoms with Crippen molar-refractivity contribution in [2.24, 2.45) is 0 Å². The van der Waals surface area contributed by atoms with Crippen LogP contribution in [0.3, 0.4) is 0 Å². The third kappa shape index (κ3) is 6.20. The molecule has 1 aliphatic rings. The van der Waals surface area contributed by atoms with E-state index in [0.717, 1.165) is 11.1 Å². The van der Waals surface area contributed by atoms with Crippen LogP contribution in [0.2, 0.25) is 5.02 Å². The molecule has 3 amide bonds. The lowest BCUT2D eigenvalue weighted by atomic mass is 9.98. The number of aliphatic carboxylic acids is 1. The first kappa shape index (κ1) is 24.0. The normalized spacial score (nSPS) is 16.8. The predicted octanol–water partition coefficient (Wildman–Crippen LogP) is 3.06. The summed E-state index contributed by atoms with van der Waals surface area (Å²) in [6.07, 6.45) is 1.60. The molecule has 0 spiro atoms. The third-order valence-electron chi connectivity index (χ3n) is 5.24. The summed E-state index contributed by atoms with van der Waals surface area (Å²) < 4.78 is 0. The Morgan fingerprint density at radius 3 is 2.45 bits per heavy atom. The molecule has 0 radical (unpaired) electrons. The number of nitrogens with zero attached hydrogens (tertiary/aromatic N) is 1. The lowest BCUT2D eigenvalue weighted by Crippen LogP contribution is -2.56. The van der Waals surface area contributed by atoms with Gasteiger partial charge in [-0.05, 0) is 42.2 Å². The van der Waals surface area contributed by atoms with Gasteiger partial charge in [0.1, 0.15) is 0 Å². The van der Waals surface area contributed by atoms with E-state index in [4.69, 9.17) is 11.6 Å². The molecule has 0 saturated carbocycles. The van der Waals surface area contributed by atoms with Crippen molar-refractivity contribution < 1.29 is 24.3 Å². The van der Waals surface area contributed by atoms with Gasteiger partial charge in [-0.25, -0.2) is 4.79 Å². The van der Waals surface area contributed by atoms with Crippen molar-refractivity contribution in [1.82, 2.24) is 15.5 Å². The number of carbonyl (C=O) groups is 4. The van der Waals surface area contributed by atoms with E-state index < -0.39 is 35.8 Å². The first-order valence-electron chi connectivity index (χ1n) is 10.3. The Hall–Kier alpha value is -3.65. The van der Waals surface area contributed by atoms with E-state index in [2.05, 4.69) is 10.6 Å². The average Bonchev–Trinajstić information content (AvgIpc) is 2.75. The van der Waals surface area contributed by atoms with Crippen molar-refractivity contribution >= 4 is 35.3 Å². The van der Waals surface area contributed by atoms with Crippen LogP contribution in [0, 0.1) is 0 Å². The highest BCUT2D eigenvalue weighted by Crippen LogP contribution is 2.21. The van der Waals surface area contributed by atoms with Gasteiger partial charge in [0, 0.05) is 23.8 Å². The summed E-state index contributed by atoms with van der Waals surface area (Å²) in [5.41, 5.74) is 2.81. The molecule has 2 aromatic rings. The van der Waals surface area contributed by atoms with Gasteiger partial charge in [-0.1, -0.05) is 48.0 Å². The second-order valence-corrected chi connectivity index (χ2v) is 8.31. The van der Waals surface area contributed by atoms with Gasteiger partial charge in [-0.3, -0.25) is 14.4 Å². The summed E-state index contributed by atoms with van der Waals surface area (Å²) in [7, 11) is 1.49. The minimum atomic E-state index is -1.36. The third-order valence-corrected chi connectivity index (χ3v) is 5.48. The number of benzene rings is 2. The highest BCUT2D eigenvalue weighted by atomic mass is 35.5. The molecule has 0 bridgehead atoms. The predicted molar refractivity (Wildman–Crippen MR) is 123 cm³/mol. The van der Waals surface area contributed by atoms with Crippen molar-refractivity contribution in [3.63, 3.8) is 0 Å². The van der Waals surface area contributed by atoms with Crippen LogP contribution >= 0.6 is 11.6 Å². The quantitative estimate of drug-likeness (QED) is 0.539. The molecule has 0 aliphatic carbocycles. The van der Waals surface area contributed by atoms with Crippen molar-refractivity contribution in [2.75, 3.05) is 7.05 Å². The number of hydrogen-bond acceptors (Lipinski definition) is 4. The number of ketones is 1. The number of amides is 3. The maximum Gasteiger partial charge on any atom is 0.316 e. The molecule has 2 unspecified atom stereocenters. The van der Waals surface area contributed by atoms with Crippen molar-refractivity contribution in [2.45, 2.75) is 31.8 Å². The van der Waals surface area contributed by atoms with E-state index in [1.807, 2.05) is 30.3 Å². The Balaban J connectivity index is 1.76. The Labute approximate surface area is 196 Å². The second kappa shape index (κ2) is 10.3. The van der Waals surface area contributed by atoms with Gasteiger partial charge in [-0.2, -0.15) is 0 Å². The molecule has 3 N–H and O–H groups in total. The molecule has 9 heteroatoms. The minimum absolute atomic E-state index is 0.332. The van der Waals surface area contributed by atoms with Crippen LogP contribution in [0.4, 0.5) is 4.79 Å². The number of hydrogen-bond donors (Lipinski definition) is 3. The second-order valence-electron chi connectivity index (χ2n) is 7.88. The fourth-order valence-electron chi connectivity index (χ4n) is 3.65.